The molecule has 0 radical (unpaired) electrons. The smallest absolute Gasteiger partial charge is 0.136 e. The molecular formula is C14H13ClN2. The highest BCUT2D eigenvalue weighted by atomic mass is 35.5. The number of halogens is 1. The van der Waals surface area contributed by atoms with E-state index in [1.807, 2.05) is 18.2 Å². The zero-order chi connectivity index (χ0) is 11.7. The molecule has 3 heteroatoms. The second kappa shape index (κ2) is 4.46. The Bertz CT molecular complexity index is 537. The minimum atomic E-state index is 0.651. The van der Waals surface area contributed by atoms with Crippen LogP contribution in [0.2, 0.25) is 5.15 Å². The van der Waals surface area contributed by atoms with Crippen molar-refractivity contribution in [1.82, 2.24) is 9.97 Å². The van der Waals surface area contributed by atoms with Crippen LogP contribution in [0.1, 0.15) is 29.1 Å². The van der Waals surface area contributed by atoms with E-state index in [1.54, 1.807) is 0 Å². The van der Waals surface area contributed by atoms with Crippen LogP contribution in [0.25, 0.3) is 0 Å². The highest BCUT2D eigenvalue weighted by Gasteiger charge is 2.17. The topological polar surface area (TPSA) is 25.8 Å². The van der Waals surface area contributed by atoms with E-state index in [4.69, 9.17) is 11.6 Å². The molecule has 0 aliphatic heterocycles. The fourth-order valence-corrected chi connectivity index (χ4v) is 2.59. The lowest BCUT2D eigenvalue weighted by Crippen LogP contribution is -2.02. The number of hydrogen-bond donors (Lipinski definition) is 0. The number of fused-ring (bicyclic) bond motifs is 1. The average molecular weight is 245 g/mol. The van der Waals surface area contributed by atoms with Crippen LogP contribution in [0.5, 0.6) is 0 Å². The van der Waals surface area contributed by atoms with Gasteiger partial charge in [-0.2, -0.15) is 0 Å². The van der Waals surface area contributed by atoms with E-state index in [1.165, 1.54) is 5.56 Å². The second-order valence-electron chi connectivity index (χ2n) is 4.37. The van der Waals surface area contributed by atoms with Crippen molar-refractivity contribution in [2.24, 2.45) is 0 Å². The molecule has 17 heavy (non-hydrogen) atoms. The quantitative estimate of drug-likeness (QED) is 0.759. The Morgan fingerprint density at radius 1 is 1.06 bits per heavy atom. The molecule has 1 aromatic carbocycles. The molecule has 1 aliphatic rings. The molecule has 1 heterocycles. The molecule has 0 N–H and O–H groups in total. The van der Waals surface area contributed by atoms with Gasteiger partial charge in [-0.1, -0.05) is 41.9 Å². The Morgan fingerprint density at radius 3 is 2.71 bits per heavy atom. The van der Waals surface area contributed by atoms with Crippen molar-refractivity contribution < 1.29 is 0 Å². The summed E-state index contributed by atoms with van der Waals surface area (Å²) >= 11 is 6.19. The lowest BCUT2D eigenvalue weighted by atomic mass is 10.1. The summed E-state index contributed by atoms with van der Waals surface area (Å²) < 4.78 is 0. The van der Waals surface area contributed by atoms with Gasteiger partial charge in [-0.3, -0.25) is 0 Å². The molecule has 2 nitrogen and oxygen atoms in total. The molecule has 0 unspecified atom stereocenters. The average Bonchev–Trinajstić information content (AvgIpc) is 2.79. The molecule has 1 aliphatic carbocycles. The van der Waals surface area contributed by atoms with Gasteiger partial charge in [0, 0.05) is 17.7 Å². The van der Waals surface area contributed by atoms with Gasteiger partial charge in [-0.15, -0.1) is 0 Å². The summed E-state index contributed by atoms with van der Waals surface area (Å²) in [4.78, 5) is 9.01. The van der Waals surface area contributed by atoms with E-state index in [9.17, 15) is 0 Å². The molecule has 86 valence electrons. The molecular weight excluding hydrogens is 232 g/mol. The minimum absolute atomic E-state index is 0.651. The van der Waals surface area contributed by atoms with Gasteiger partial charge in [0.05, 0.1) is 0 Å². The van der Waals surface area contributed by atoms with E-state index in [0.717, 1.165) is 42.8 Å². The molecule has 0 fully saturated rings. The summed E-state index contributed by atoms with van der Waals surface area (Å²) in [5.41, 5.74) is 3.53. The van der Waals surface area contributed by atoms with E-state index in [-0.39, 0.29) is 0 Å². The predicted octanol–water partition coefficient (Wildman–Crippen LogP) is 3.21. The van der Waals surface area contributed by atoms with Crippen molar-refractivity contribution in [1.29, 1.82) is 0 Å². The van der Waals surface area contributed by atoms with Crippen LogP contribution in [0, 0.1) is 0 Å². The number of benzene rings is 1. The summed E-state index contributed by atoms with van der Waals surface area (Å²) in [5.74, 6) is 0.835. The van der Waals surface area contributed by atoms with Crippen molar-refractivity contribution in [3.05, 3.63) is 58.1 Å². The van der Waals surface area contributed by atoms with E-state index < -0.39 is 0 Å². The Labute approximate surface area is 106 Å². The lowest BCUT2D eigenvalue weighted by molar-refractivity contribution is 0.885. The summed E-state index contributed by atoms with van der Waals surface area (Å²) in [6.45, 7) is 0. The number of rotatable bonds is 2. The summed E-state index contributed by atoms with van der Waals surface area (Å²) in [6, 6.07) is 10.3. The Kier molecular flexibility index (Phi) is 2.81. The second-order valence-corrected chi connectivity index (χ2v) is 4.73. The largest absolute Gasteiger partial charge is 0.237 e. The first-order valence-corrected chi connectivity index (χ1v) is 6.29. The molecule has 0 spiro atoms. The molecule has 0 atom stereocenters. The first kappa shape index (κ1) is 10.7. The summed E-state index contributed by atoms with van der Waals surface area (Å²) in [7, 11) is 0. The molecule has 0 bridgehead atoms. The Morgan fingerprint density at radius 2 is 1.88 bits per heavy atom. The number of aromatic nitrogens is 2. The maximum Gasteiger partial charge on any atom is 0.136 e. The maximum atomic E-state index is 6.19. The Hall–Kier alpha value is -1.41. The molecule has 3 rings (SSSR count). The number of hydrogen-bond acceptors (Lipinski definition) is 2. The third-order valence-electron chi connectivity index (χ3n) is 3.13. The number of aryl methyl sites for hydroxylation is 1. The van der Waals surface area contributed by atoms with Crippen LogP contribution in [0.3, 0.4) is 0 Å². The van der Waals surface area contributed by atoms with Gasteiger partial charge >= 0.3 is 0 Å². The van der Waals surface area contributed by atoms with Crippen LogP contribution in [0.15, 0.2) is 30.3 Å². The summed E-state index contributed by atoms with van der Waals surface area (Å²) in [5, 5.41) is 0.651. The van der Waals surface area contributed by atoms with Crippen LogP contribution in [-0.4, -0.2) is 9.97 Å². The van der Waals surface area contributed by atoms with Crippen molar-refractivity contribution in [2.45, 2.75) is 25.7 Å². The molecule has 0 saturated heterocycles. The van der Waals surface area contributed by atoms with Crippen molar-refractivity contribution in [3.8, 4) is 0 Å². The van der Waals surface area contributed by atoms with Crippen LogP contribution < -0.4 is 0 Å². The fourth-order valence-electron chi connectivity index (χ4n) is 2.29. The van der Waals surface area contributed by atoms with Gasteiger partial charge in [0.15, 0.2) is 0 Å². The van der Waals surface area contributed by atoms with Gasteiger partial charge in [-0.25, -0.2) is 9.97 Å². The van der Waals surface area contributed by atoms with Crippen LogP contribution in [-0.2, 0) is 19.3 Å². The lowest BCUT2D eigenvalue weighted by Gasteiger charge is -2.05. The standard InChI is InChI=1S/C14H13ClN2/c15-14-11-7-4-8-12(11)16-13(17-14)9-10-5-2-1-3-6-10/h1-3,5-6H,4,7-9H2. The first-order chi connectivity index (χ1) is 8.33. The Balaban J connectivity index is 1.92. The third-order valence-corrected chi connectivity index (χ3v) is 3.45. The third kappa shape index (κ3) is 2.18. The number of nitrogens with zero attached hydrogens (tertiary/aromatic N) is 2. The van der Waals surface area contributed by atoms with Gasteiger partial charge in [0.1, 0.15) is 11.0 Å². The molecule has 1 aromatic heterocycles. The normalized spacial score (nSPS) is 13.7. The van der Waals surface area contributed by atoms with E-state index in [0.29, 0.717) is 5.15 Å². The van der Waals surface area contributed by atoms with Gasteiger partial charge in [-0.05, 0) is 24.8 Å². The van der Waals surface area contributed by atoms with E-state index >= 15 is 0 Å². The van der Waals surface area contributed by atoms with Gasteiger partial charge < -0.3 is 0 Å². The van der Waals surface area contributed by atoms with Crippen molar-refractivity contribution >= 4 is 11.6 Å². The van der Waals surface area contributed by atoms with Crippen molar-refractivity contribution in [3.63, 3.8) is 0 Å². The predicted molar refractivity (Wildman–Crippen MR) is 68.3 cm³/mol. The molecule has 0 saturated carbocycles. The fraction of sp³-hybridized carbons (Fsp3) is 0.286. The monoisotopic (exact) mass is 244 g/mol. The van der Waals surface area contributed by atoms with Gasteiger partial charge in [0.2, 0.25) is 0 Å². The molecule has 2 aromatic rings. The first-order valence-electron chi connectivity index (χ1n) is 5.91. The summed E-state index contributed by atoms with van der Waals surface area (Å²) in [6.07, 6.45) is 3.98. The van der Waals surface area contributed by atoms with Crippen LogP contribution >= 0.6 is 11.6 Å². The minimum Gasteiger partial charge on any atom is -0.237 e. The van der Waals surface area contributed by atoms with Crippen LogP contribution in [0.4, 0.5) is 0 Å². The SMILES string of the molecule is Clc1nc(Cc2ccccc2)nc2c1CCC2. The molecule has 0 amide bonds. The highest BCUT2D eigenvalue weighted by Crippen LogP contribution is 2.26. The van der Waals surface area contributed by atoms with Crippen molar-refractivity contribution in [2.75, 3.05) is 0 Å². The maximum absolute atomic E-state index is 6.19. The zero-order valence-corrected chi connectivity index (χ0v) is 10.2. The van der Waals surface area contributed by atoms with Gasteiger partial charge in [0.25, 0.3) is 0 Å². The highest BCUT2D eigenvalue weighted by molar-refractivity contribution is 6.30. The zero-order valence-electron chi connectivity index (χ0n) is 9.49. The van der Waals surface area contributed by atoms with E-state index in [2.05, 4.69) is 22.1 Å².